The summed E-state index contributed by atoms with van der Waals surface area (Å²) >= 11 is 0. The van der Waals surface area contributed by atoms with E-state index in [1.807, 2.05) is 0 Å². The average Bonchev–Trinajstić information content (AvgIpc) is 3.10. The van der Waals surface area contributed by atoms with Crippen LogP contribution in [-0.4, -0.2) is 47.4 Å². The largest absolute Gasteiger partial charge is 0.317 e. The number of nitrogens with zero attached hydrogens (tertiary/aromatic N) is 2. The Morgan fingerprint density at radius 1 is 1.14 bits per heavy atom. The molecule has 1 aromatic rings. The number of aryl methyl sites for hydroxylation is 1. The molecular weight excluding hydrogens is 262 g/mol. The first-order chi connectivity index (χ1) is 10.2. The highest BCUT2D eigenvalue weighted by molar-refractivity contribution is 5.81. The SMILES string of the molecule is Cc1ccccc1C1NCC(=O)N1C1CCN(C2CC2)C1. The van der Waals surface area contributed by atoms with E-state index in [-0.39, 0.29) is 12.1 Å². The fourth-order valence-electron chi connectivity index (χ4n) is 3.85. The van der Waals surface area contributed by atoms with Gasteiger partial charge in [-0.2, -0.15) is 0 Å². The van der Waals surface area contributed by atoms with E-state index in [0.29, 0.717) is 12.6 Å². The van der Waals surface area contributed by atoms with Crippen molar-refractivity contribution < 1.29 is 4.79 Å². The number of carbonyl (C=O) groups excluding carboxylic acids is 1. The molecule has 0 bridgehead atoms. The van der Waals surface area contributed by atoms with Gasteiger partial charge in [-0.1, -0.05) is 24.3 Å². The molecule has 2 aliphatic heterocycles. The Labute approximate surface area is 126 Å². The summed E-state index contributed by atoms with van der Waals surface area (Å²) in [6.07, 6.45) is 3.87. The molecule has 112 valence electrons. The first kappa shape index (κ1) is 13.3. The van der Waals surface area contributed by atoms with Crippen LogP contribution in [0.1, 0.15) is 36.6 Å². The molecule has 3 aliphatic rings. The van der Waals surface area contributed by atoms with Crippen LogP contribution in [0.3, 0.4) is 0 Å². The molecule has 2 heterocycles. The molecule has 0 spiro atoms. The average molecular weight is 285 g/mol. The van der Waals surface area contributed by atoms with E-state index in [0.717, 1.165) is 25.6 Å². The molecule has 1 aromatic carbocycles. The van der Waals surface area contributed by atoms with Crippen molar-refractivity contribution in [3.05, 3.63) is 35.4 Å². The molecule has 2 unspecified atom stereocenters. The smallest absolute Gasteiger partial charge is 0.238 e. The van der Waals surface area contributed by atoms with Crippen LogP contribution in [0.2, 0.25) is 0 Å². The van der Waals surface area contributed by atoms with Crippen molar-refractivity contribution in [2.24, 2.45) is 0 Å². The van der Waals surface area contributed by atoms with Gasteiger partial charge in [0.15, 0.2) is 0 Å². The Bertz CT molecular complexity index is 555. The fraction of sp³-hybridized carbons (Fsp3) is 0.588. The lowest BCUT2D eigenvalue weighted by molar-refractivity contribution is -0.130. The molecule has 0 radical (unpaired) electrons. The summed E-state index contributed by atoms with van der Waals surface area (Å²) in [6, 6.07) is 9.57. The molecule has 21 heavy (non-hydrogen) atoms. The van der Waals surface area contributed by atoms with E-state index in [2.05, 4.69) is 46.3 Å². The van der Waals surface area contributed by atoms with Gasteiger partial charge in [-0.25, -0.2) is 0 Å². The maximum atomic E-state index is 12.4. The van der Waals surface area contributed by atoms with Gasteiger partial charge < -0.3 is 4.90 Å². The van der Waals surface area contributed by atoms with Gasteiger partial charge in [0, 0.05) is 25.2 Å². The maximum absolute atomic E-state index is 12.4. The second kappa shape index (κ2) is 5.11. The third-order valence-electron chi connectivity index (χ3n) is 5.15. The maximum Gasteiger partial charge on any atom is 0.238 e. The number of nitrogens with one attached hydrogen (secondary N) is 1. The van der Waals surface area contributed by atoms with E-state index in [1.165, 1.54) is 24.0 Å². The van der Waals surface area contributed by atoms with Crippen molar-refractivity contribution in [3.8, 4) is 0 Å². The Hall–Kier alpha value is -1.39. The summed E-state index contributed by atoms with van der Waals surface area (Å²) in [5.41, 5.74) is 2.50. The van der Waals surface area contributed by atoms with Crippen LogP contribution in [0, 0.1) is 6.92 Å². The monoisotopic (exact) mass is 285 g/mol. The molecule has 1 N–H and O–H groups in total. The number of likely N-dealkylation sites (tertiary alicyclic amines) is 1. The molecule has 3 fully saturated rings. The number of hydrogen-bond donors (Lipinski definition) is 1. The van der Waals surface area contributed by atoms with Crippen molar-refractivity contribution in [1.82, 2.24) is 15.1 Å². The number of benzene rings is 1. The fourth-order valence-corrected chi connectivity index (χ4v) is 3.85. The molecule has 4 nitrogen and oxygen atoms in total. The minimum Gasteiger partial charge on any atom is -0.317 e. The van der Waals surface area contributed by atoms with Crippen molar-refractivity contribution in [2.75, 3.05) is 19.6 Å². The molecule has 1 saturated carbocycles. The van der Waals surface area contributed by atoms with E-state index < -0.39 is 0 Å². The Balaban J connectivity index is 1.57. The molecule has 0 aromatic heterocycles. The van der Waals surface area contributed by atoms with E-state index >= 15 is 0 Å². The van der Waals surface area contributed by atoms with Crippen LogP contribution in [0.15, 0.2) is 24.3 Å². The summed E-state index contributed by atoms with van der Waals surface area (Å²) in [6.45, 7) is 4.81. The van der Waals surface area contributed by atoms with Gasteiger partial charge in [0.05, 0.1) is 6.54 Å². The zero-order valence-electron chi connectivity index (χ0n) is 12.6. The molecule has 1 amide bonds. The van der Waals surface area contributed by atoms with Crippen LogP contribution in [-0.2, 0) is 4.79 Å². The predicted octanol–water partition coefficient (Wildman–Crippen LogP) is 1.66. The normalized spacial score (nSPS) is 30.3. The van der Waals surface area contributed by atoms with Gasteiger partial charge in [0.2, 0.25) is 5.91 Å². The highest BCUT2D eigenvalue weighted by Gasteiger charge is 2.42. The third-order valence-corrected chi connectivity index (χ3v) is 5.15. The first-order valence-electron chi connectivity index (χ1n) is 8.08. The third kappa shape index (κ3) is 2.36. The van der Waals surface area contributed by atoms with Crippen LogP contribution in [0.5, 0.6) is 0 Å². The van der Waals surface area contributed by atoms with Crippen LogP contribution in [0.4, 0.5) is 0 Å². The minimum atomic E-state index is 0.0582. The van der Waals surface area contributed by atoms with Crippen molar-refractivity contribution >= 4 is 5.91 Å². The zero-order valence-corrected chi connectivity index (χ0v) is 12.6. The Morgan fingerprint density at radius 3 is 2.71 bits per heavy atom. The minimum absolute atomic E-state index is 0.0582. The molecule has 2 atom stereocenters. The molecule has 4 rings (SSSR count). The van der Waals surface area contributed by atoms with E-state index in [4.69, 9.17) is 0 Å². The zero-order chi connectivity index (χ0) is 14.4. The highest BCUT2D eigenvalue weighted by atomic mass is 16.2. The standard InChI is InChI=1S/C17H23N3O/c1-12-4-2-3-5-15(12)17-18-10-16(21)20(17)14-8-9-19(11-14)13-6-7-13/h2-5,13-14,17-18H,6-11H2,1H3. The first-order valence-corrected chi connectivity index (χ1v) is 8.08. The van der Waals surface area contributed by atoms with Crippen LogP contribution >= 0.6 is 0 Å². The summed E-state index contributed by atoms with van der Waals surface area (Å²) in [5.74, 6) is 0.255. The lowest BCUT2D eigenvalue weighted by Gasteiger charge is -2.31. The summed E-state index contributed by atoms with van der Waals surface area (Å²) < 4.78 is 0. The highest BCUT2D eigenvalue weighted by Crippen LogP contribution is 2.34. The molecule has 4 heteroatoms. The predicted molar refractivity (Wildman–Crippen MR) is 81.8 cm³/mol. The topological polar surface area (TPSA) is 35.6 Å². The van der Waals surface area contributed by atoms with Gasteiger partial charge in [0.25, 0.3) is 0 Å². The van der Waals surface area contributed by atoms with E-state index in [1.54, 1.807) is 0 Å². The quantitative estimate of drug-likeness (QED) is 0.917. The molecule has 2 saturated heterocycles. The lowest BCUT2D eigenvalue weighted by atomic mass is 10.0. The Kier molecular flexibility index (Phi) is 3.23. The Morgan fingerprint density at radius 2 is 1.95 bits per heavy atom. The number of hydrogen-bond acceptors (Lipinski definition) is 3. The van der Waals surface area contributed by atoms with Gasteiger partial charge in [-0.3, -0.25) is 15.0 Å². The molecule has 1 aliphatic carbocycles. The van der Waals surface area contributed by atoms with Gasteiger partial charge >= 0.3 is 0 Å². The van der Waals surface area contributed by atoms with Crippen LogP contribution in [0.25, 0.3) is 0 Å². The van der Waals surface area contributed by atoms with Crippen LogP contribution < -0.4 is 5.32 Å². The van der Waals surface area contributed by atoms with Gasteiger partial charge in [-0.15, -0.1) is 0 Å². The van der Waals surface area contributed by atoms with Crippen molar-refractivity contribution in [3.63, 3.8) is 0 Å². The van der Waals surface area contributed by atoms with Crippen molar-refractivity contribution in [1.29, 1.82) is 0 Å². The summed E-state index contributed by atoms with van der Waals surface area (Å²) in [4.78, 5) is 17.1. The summed E-state index contributed by atoms with van der Waals surface area (Å²) in [7, 11) is 0. The lowest BCUT2D eigenvalue weighted by Crippen LogP contribution is -2.41. The number of carbonyl (C=O) groups is 1. The second-order valence-electron chi connectivity index (χ2n) is 6.61. The summed E-state index contributed by atoms with van der Waals surface area (Å²) in [5, 5.41) is 3.41. The van der Waals surface area contributed by atoms with Gasteiger partial charge in [-0.05, 0) is 37.3 Å². The van der Waals surface area contributed by atoms with Crippen molar-refractivity contribution in [2.45, 2.75) is 44.4 Å². The van der Waals surface area contributed by atoms with E-state index in [9.17, 15) is 4.79 Å². The molecular formula is C17H23N3O. The number of rotatable bonds is 3. The second-order valence-corrected chi connectivity index (χ2v) is 6.61. The number of amides is 1. The van der Waals surface area contributed by atoms with Gasteiger partial charge in [0.1, 0.15) is 6.17 Å².